The Morgan fingerprint density at radius 2 is 0.719 bits per heavy atom. The fraction of sp³-hybridized carbons (Fsp3) is 0.471. The van der Waals surface area contributed by atoms with Gasteiger partial charge in [0.2, 0.25) is 11.8 Å². The van der Waals surface area contributed by atoms with Gasteiger partial charge in [-0.2, -0.15) is 0 Å². The standard InChI is InChI=1S/C17H20.C16H15NO2.2C15H18O.C13H20.2C11H16O.C9H15NO2.2C7H15NS/c1-14(2)12-16-8-10-17(11-9-16)13-15-6-4-3-5-7-15;1-10(2)9-17-15(18)13-8-7-11-5-3-4-6-12(11)14(13)16(17)19;2*1-12(2)8-14-10-15(16-11-14)9-13-6-4-3-5-7-13;1-9(2)6-13-11(4)7-10(3)8-12(13)5;2*1-4-5-10-6-7-11(12-10)8-9(2)3;1-7(2)6-10-8(11)4-3-5-9(10)12;2*1-7(2)5-8-3-4-9-6-8/h3-11,14H,12-13H2,1-2H3;3-8,10H,9H2,1-2H3;2*3-7,10-12H,8-9H2,1-2H3;7-9H,6H2,1-5H3;2*4,6-7,9H,1,5,8H2,2-3H3;7H,3-6H2,1-2H3;2*7H,3-6H2,1-2H3. The van der Waals surface area contributed by atoms with Crippen molar-refractivity contribution in [1.82, 2.24) is 19.6 Å². The van der Waals surface area contributed by atoms with Gasteiger partial charge >= 0.3 is 0 Å². The van der Waals surface area contributed by atoms with E-state index in [-0.39, 0.29) is 29.5 Å². The van der Waals surface area contributed by atoms with Crippen molar-refractivity contribution in [3.63, 3.8) is 0 Å². The van der Waals surface area contributed by atoms with E-state index in [4.69, 9.17) is 17.7 Å². The smallest absolute Gasteiger partial charge is 0.262 e. The number of aryl methyl sites for hydroxylation is 3. The van der Waals surface area contributed by atoms with Crippen molar-refractivity contribution in [2.75, 3.05) is 62.5 Å². The first-order valence-corrected chi connectivity index (χ1v) is 52.3. The van der Waals surface area contributed by atoms with E-state index < -0.39 is 0 Å². The number of imide groups is 2. The molecule has 0 bridgehead atoms. The number of furan rings is 4. The van der Waals surface area contributed by atoms with Crippen LogP contribution < -0.4 is 0 Å². The van der Waals surface area contributed by atoms with Gasteiger partial charge in [-0.25, -0.2) is 0 Å². The van der Waals surface area contributed by atoms with Gasteiger partial charge in [0.25, 0.3) is 11.8 Å². The molecule has 0 atom stereocenters. The van der Waals surface area contributed by atoms with Crippen molar-refractivity contribution >= 4 is 57.9 Å². The zero-order valence-corrected chi connectivity index (χ0v) is 88.5. The Balaban J connectivity index is 0.000000232. The van der Waals surface area contributed by atoms with Crippen molar-refractivity contribution in [3.05, 3.63) is 345 Å². The average Bonchev–Trinajstić information content (AvgIpc) is 1.60. The van der Waals surface area contributed by atoms with E-state index >= 15 is 0 Å². The number of likely N-dealkylation sites (tertiary alicyclic amines) is 1. The molecule has 7 aromatic carbocycles. The molecule has 4 amide bonds. The molecule has 732 valence electrons. The number of benzene rings is 7. The van der Waals surface area contributed by atoms with Crippen LogP contribution in [0.1, 0.15) is 274 Å². The Kier molecular flexibility index (Phi) is 52.5. The highest BCUT2D eigenvalue weighted by Gasteiger charge is 2.37. The largest absolute Gasteiger partial charge is 0.469 e. The zero-order chi connectivity index (χ0) is 98.9. The van der Waals surface area contributed by atoms with E-state index in [0.29, 0.717) is 66.6 Å². The third kappa shape index (κ3) is 45.4. The molecule has 0 unspecified atom stereocenters. The lowest BCUT2D eigenvalue weighted by molar-refractivity contribution is -0.148. The number of nitrogens with zero attached hydrogens (tertiary/aromatic N) is 4. The molecule has 0 N–H and O–H groups in total. The van der Waals surface area contributed by atoms with E-state index in [2.05, 4.69) is 318 Å². The summed E-state index contributed by atoms with van der Waals surface area (Å²) >= 11 is 4.10. The number of piperidine rings is 1. The van der Waals surface area contributed by atoms with Gasteiger partial charge in [-0.1, -0.05) is 314 Å². The van der Waals surface area contributed by atoms with Crippen LogP contribution in [0, 0.1) is 80.0 Å². The molecule has 0 saturated carbocycles. The summed E-state index contributed by atoms with van der Waals surface area (Å²) in [6.45, 7) is 64.1. The zero-order valence-electron chi connectivity index (χ0n) is 86.9. The fourth-order valence-electron chi connectivity index (χ4n) is 16.4. The summed E-state index contributed by atoms with van der Waals surface area (Å²) in [7, 11) is 0. The van der Waals surface area contributed by atoms with Crippen LogP contribution in [0.5, 0.6) is 0 Å². The lowest BCUT2D eigenvalue weighted by Crippen LogP contribution is -2.42. The van der Waals surface area contributed by atoms with Crippen molar-refractivity contribution in [1.29, 1.82) is 0 Å². The molecule has 15 rings (SSSR count). The van der Waals surface area contributed by atoms with Crippen LogP contribution >= 0.6 is 23.5 Å². The maximum absolute atomic E-state index is 12.5. The maximum atomic E-state index is 12.5. The highest BCUT2D eigenvalue weighted by Crippen LogP contribution is 2.32. The van der Waals surface area contributed by atoms with E-state index in [0.717, 1.165) is 133 Å². The summed E-state index contributed by atoms with van der Waals surface area (Å²) in [5.74, 6) is 17.7. The van der Waals surface area contributed by atoms with Crippen molar-refractivity contribution in [2.24, 2.45) is 59.2 Å². The van der Waals surface area contributed by atoms with Gasteiger partial charge in [-0.05, 0) is 227 Å². The number of carbonyl (C=O) groups excluding carboxylic acids is 4. The number of carbonyl (C=O) groups is 4. The highest BCUT2D eigenvalue weighted by molar-refractivity contribution is 7.99. The number of fused-ring (bicyclic) bond motifs is 3. The van der Waals surface area contributed by atoms with E-state index in [1.165, 1.54) is 128 Å². The van der Waals surface area contributed by atoms with Gasteiger partial charge < -0.3 is 17.7 Å². The summed E-state index contributed by atoms with van der Waals surface area (Å²) in [5, 5.41) is 1.86. The van der Waals surface area contributed by atoms with Gasteiger partial charge in [0.05, 0.1) is 23.7 Å². The monoisotopic (exact) mass is 1870 g/mol. The molecule has 0 spiro atoms. The molecule has 11 aromatic rings. The van der Waals surface area contributed by atoms with Crippen LogP contribution in [-0.2, 0) is 80.2 Å². The number of thioether (sulfide) groups is 2. The van der Waals surface area contributed by atoms with Crippen LogP contribution in [0.15, 0.2) is 256 Å². The fourth-order valence-corrected chi connectivity index (χ4v) is 18.4. The van der Waals surface area contributed by atoms with E-state index in [9.17, 15) is 19.2 Å². The third-order valence-corrected chi connectivity index (χ3v) is 24.1. The number of hydrogen-bond acceptors (Lipinski definition) is 12. The molecule has 14 heteroatoms. The highest BCUT2D eigenvalue weighted by atomic mass is 32.2. The first-order chi connectivity index (χ1) is 64.4. The third-order valence-electron chi connectivity index (χ3n) is 22.1. The van der Waals surface area contributed by atoms with Gasteiger partial charge in [-0.15, -0.1) is 36.7 Å². The Morgan fingerprint density at radius 1 is 0.348 bits per heavy atom. The van der Waals surface area contributed by atoms with Gasteiger partial charge in [0.15, 0.2) is 0 Å². The Bertz CT molecular complexity index is 4960. The van der Waals surface area contributed by atoms with Gasteiger partial charge in [-0.3, -0.25) is 38.8 Å². The predicted molar refractivity (Wildman–Crippen MR) is 576 cm³/mol. The minimum Gasteiger partial charge on any atom is -0.469 e. The SMILES string of the molecule is C=CCc1ccc(CC(C)C)o1.C=CCc1ccc(CC(C)C)o1.CC(C)CN1C(=O)CCCC1=O.CC(C)CN1C(=O)c2ccc3ccccc3c2C1=O.CC(C)CN1CCSC1.CC(C)CN1CCSC1.CC(C)Cc1ccc(Cc2ccccc2)cc1.CC(C)Cc1coc(Cc2ccccc2)c1.CC(C)Cc1coc(Cc2ccccc2)c1.Cc1cc(C)c(CC(C)C)c(C)c1. The Labute approximate surface area is 824 Å². The Morgan fingerprint density at radius 3 is 1.11 bits per heavy atom. The number of allylic oxidation sites excluding steroid dienone is 2. The number of rotatable bonds is 30. The van der Waals surface area contributed by atoms with Gasteiger partial charge in [0, 0.05) is 114 Å². The molecule has 135 heavy (non-hydrogen) atoms. The summed E-state index contributed by atoms with van der Waals surface area (Å²) in [4.78, 5) is 55.0. The number of amides is 4. The average molecular weight is 1870 g/mol. The molecule has 4 aromatic heterocycles. The summed E-state index contributed by atoms with van der Waals surface area (Å²) in [6.07, 6.45) is 20.4. The van der Waals surface area contributed by atoms with E-state index in [1.54, 1.807) is 11.6 Å². The normalized spacial score (nSPS) is 13.5. The minimum absolute atomic E-state index is 0.0000463. The Hall–Kier alpha value is -9.70. The molecule has 0 aliphatic carbocycles. The first-order valence-electron chi connectivity index (χ1n) is 50.0. The van der Waals surface area contributed by atoms with Crippen LogP contribution in [0.2, 0.25) is 0 Å². The van der Waals surface area contributed by atoms with Crippen LogP contribution in [0.4, 0.5) is 0 Å². The van der Waals surface area contributed by atoms with Crippen molar-refractivity contribution < 1.29 is 36.8 Å². The molecule has 8 heterocycles. The predicted octanol–water partition coefficient (Wildman–Crippen LogP) is 30.4. The minimum atomic E-state index is -0.167. The second kappa shape index (κ2) is 62.2. The lowest BCUT2D eigenvalue weighted by atomic mass is 9.93. The summed E-state index contributed by atoms with van der Waals surface area (Å²) in [6, 6.07) is 68.9. The van der Waals surface area contributed by atoms with Crippen LogP contribution in [0.3, 0.4) is 0 Å². The van der Waals surface area contributed by atoms with Crippen molar-refractivity contribution in [3.8, 4) is 0 Å². The quantitative estimate of drug-likeness (QED) is 0.0313. The molecule has 4 aliphatic rings. The van der Waals surface area contributed by atoms with Crippen LogP contribution in [-0.4, -0.2) is 106 Å². The summed E-state index contributed by atoms with van der Waals surface area (Å²) < 4.78 is 22.3. The number of hydrogen-bond donors (Lipinski definition) is 0. The molecule has 3 saturated heterocycles. The topological polar surface area (TPSA) is 134 Å². The van der Waals surface area contributed by atoms with Gasteiger partial charge in [0.1, 0.15) is 34.6 Å². The molecule has 0 radical (unpaired) electrons. The molecule has 4 aliphatic heterocycles. The second-order valence-corrected chi connectivity index (χ2v) is 43.0. The first kappa shape index (κ1) is 114. The lowest BCUT2D eigenvalue weighted by Gasteiger charge is -2.26. The van der Waals surface area contributed by atoms with Crippen LogP contribution in [0.25, 0.3) is 10.8 Å². The molecular formula is C121H168N4O8S2. The van der Waals surface area contributed by atoms with Crippen molar-refractivity contribution in [2.45, 2.75) is 249 Å². The maximum Gasteiger partial charge on any atom is 0.262 e. The van der Waals surface area contributed by atoms with E-state index in [1.807, 2.05) is 107 Å². The summed E-state index contributed by atoms with van der Waals surface area (Å²) in [5.41, 5.74) is 16.3. The second-order valence-electron chi connectivity index (χ2n) is 40.8. The molecule has 3 fully saturated rings. The molecular weight excluding hydrogens is 1700 g/mol. The molecule has 12 nitrogen and oxygen atoms in total.